The molecule has 2 atom stereocenters. The summed E-state index contributed by atoms with van der Waals surface area (Å²) < 4.78 is 0. The standard InChI is InChI=1S/C16H23N3O2/c1-11(13-8-9-13)19(2)16(20)14(15(17)18-21)10-12-6-4-3-5-7-12/h3-7,11,13-14,21H,8-10H2,1-2H3,(H2,17,18). The van der Waals surface area contributed by atoms with E-state index in [1.165, 1.54) is 12.8 Å². The number of amidine groups is 1. The van der Waals surface area contributed by atoms with Gasteiger partial charge >= 0.3 is 0 Å². The first kappa shape index (κ1) is 15.4. The molecule has 0 heterocycles. The second-order valence-corrected chi connectivity index (χ2v) is 5.79. The summed E-state index contributed by atoms with van der Waals surface area (Å²) in [7, 11) is 1.80. The Balaban J connectivity index is 2.13. The van der Waals surface area contributed by atoms with E-state index in [-0.39, 0.29) is 17.8 Å². The van der Waals surface area contributed by atoms with Crippen LogP contribution in [0.2, 0.25) is 0 Å². The van der Waals surface area contributed by atoms with Gasteiger partial charge in [0, 0.05) is 13.1 Å². The monoisotopic (exact) mass is 289 g/mol. The van der Waals surface area contributed by atoms with E-state index in [4.69, 9.17) is 10.9 Å². The molecule has 1 aromatic carbocycles. The molecule has 2 unspecified atom stereocenters. The Hall–Kier alpha value is -2.04. The predicted octanol–water partition coefficient (Wildman–Crippen LogP) is 1.85. The van der Waals surface area contributed by atoms with Crippen LogP contribution in [0.15, 0.2) is 35.5 Å². The van der Waals surface area contributed by atoms with Crippen LogP contribution in [0, 0.1) is 11.8 Å². The first-order chi connectivity index (χ1) is 10.0. The van der Waals surface area contributed by atoms with E-state index in [1.54, 1.807) is 11.9 Å². The van der Waals surface area contributed by atoms with E-state index in [1.807, 2.05) is 30.3 Å². The highest BCUT2D eigenvalue weighted by molar-refractivity contribution is 6.02. The topological polar surface area (TPSA) is 78.9 Å². The van der Waals surface area contributed by atoms with Crippen LogP contribution in [0.5, 0.6) is 0 Å². The maximum atomic E-state index is 12.7. The Bertz CT molecular complexity index is 512. The molecule has 1 amide bonds. The number of carbonyl (C=O) groups excluding carboxylic acids is 1. The molecule has 0 bridgehead atoms. The quantitative estimate of drug-likeness (QED) is 0.363. The molecule has 1 aliphatic carbocycles. The zero-order chi connectivity index (χ0) is 15.4. The van der Waals surface area contributed by atoms with Gasteiger partial charge in [-0.3, -0.25) is 4.79 Å². The highest BCUT2D eigenvalue weighted by Crippen LogP contribution is 2.35. The normalized spacial score (nSPS) is 18.1. The van der Waals surface area contributed by atoms with Gasteiger partial charge in [0.15, 0.2) is 5.84 Å². The van der Waals surface area contributed by atoms with Gasteiger partial charge in [0.1, 0.15) is 5.92 Å². The second kappa shape index (κ2) is 6.61. The van der Waals surface area contributed by atoms with Crippen LogP contribution in [0.25, 0.3) is 0 Å². The first-order valence-corrected chi connectivity index (χ1v) is 7.32. The highest BCUT2D eigenvalue weighted by atomic mass is 16.4. The zero-order valence-corrected chi connectivity index (χ0v) is 12.6. The molecule has 1 aliphatic rings. The van der Waals surface area contributed by atoms with E-state index in [0.717, 1.165) is 5.56 Å². The molecule has 5 nitrogen and oxygen atoms in total. The van der Waals surface area contributed by atoms with Gasteiger partial charge in [-0.15, -0.1) is 0 Å². The van der Waals surface area contributed by atoms with E-state index in [2.05, 4.69) is 12.1 Å². The van der Waals surface area contributed by atoms with Crippen molar-refractivity contribution in [2.24, 2.45) is 22.7 Å². The first-order valence-electron chi connectivity index (χ1n) is 7.32. The molecular formula is C16H23N3O2. The second-order valence-electron chi connectivity index (χ2n) is 5.79. The lowest BCUT2D eigenvalue weighted by atomic mass is 9.96. The maximum absolute atomic E-state index is 12.7. The molecule has 1 aromatic rings. The molecule has 21 heavy (non-hydrogen) atoms. The van der Waals surface area contributed by atoms with Gasteiger partial charge in [-0.25, -0.2) is 0 Å². The van der Waals surface area contributed by atoms with Crippen molar-refractivity contribution in [3.8, 4) is 0 Å². The van der Waals surface area contributed by atoms with Gasteiger partial charge in [-0.05, 0) is 37.7 Å². The number of nitrogens with two attached hydrogens (primary N) is 1. The van der Waals surface area contributed by atoms with Crippen molar-refractivity contribution in [1.82, 2.24) is 4.90 Å². The Labute approximate surface area is 125 Å². The summed E-state index contributed by atoms with van der Waals surface area (Å²) in [5.74, 6) is -0.153. The van der Waals surface area contributed by atoms with Crippen molar-refractivity contribution in [1.29, 1.82) is 0 Å². The smallest absolute Gasteiger partial charge is 0.233 e. The summed E-state index contributed by atoms with van der Waals surface area (Å²) in [5.41, 5.74) is 6.74. The molecule has 0 spiro atoms. The van der Waals surface area contributed by atoms with Crippen molar-refractivity contribution in [2.45, 2.75) is 32.2 Å². The van der Waals surface area contributed by atoms with Crippen molar-refractivity contribution in [3.63, 3.8) is 0 Å². The van der Waals surface area contributed by atoms with E-state index in [0.29, 0.717) is 12.3 Å². The van der Waals surface area contributed by atoms with Crippen LogP contribution in [-0.4, -0.2) is 34.9 Å². The van der Waals surface area contributed by atoms with Crippen molar-refractivity contribution < 1.29 is 10.0 Å². The van der Waals surface area contributed by atoms with Gasteiger partial charge in [-0.2, -0.15) is 0 Å². The molecule has 0 radical (unpaired) electrons. The maximum Gasteiger partial charge on any atom is 0.233 e. The van der Waals surface area contributed by atoms with Crippen molar-refractivity contribution in [3.05, 3.63) is 35.9 Å². The summed E-state index contributed by atoms with van der Waals surface area (Å²) in [4.78, 5) is 14.4. The number of benzene rings is 1. The van der Waals surface area contributed by atoms with Crippen molar-refractivity contribution >= 4 is 11.7 Å². The fourth-order valence-electron chi connectivity index (χ4n) is 2.58. The summed E-state index contributed by atoms with van der Waals surface area (Å²) in [6.07, 6.45) is 2.79. The summed E-state index contributed by atoms with van der Waals surface area (Å²) in [5, 5.41) is 12.0. The average Bonchev–Trinajstić information content (AvgIpc) is 3.35. The molecule has 114 valence electrons. The number of hydrogen-bond acceptors (Lipinski definition) is 3. The molecule has 5 heteroatoms. The van der Waals surface area contributed by atoms with Gasteiger partial charge in [-0.1, -0.05) is 35.5 Å². The van der Waals surface area contributed by atoms with Gasteiger partial charge in [0.2, 0.25) is 5.91 Å². The fraction of sp³-hybridized carbons (Fsp3) is 0.500. The minimum atomic E-state index is -0.622. The number of oxime groups is 1. The van der Waals surface area contributed by atoms with Gasteiger partial charge < -0.3 is 15.8 Å². The van der Waals surface area contributed by atoms with Crippen molar-refractivity contribution in [2.75, 3.05) is 7.05 Å². The van der Waals surface area contributed by atoms with E-state index in [9.17, 15) is 4.79 Å². The van der Waals surface area contributed by atoms with Gasteiger partial charge in [0.05, 0.1) is 0 Å². The SMILES string of the molecule is CC(C1CC1)N(C)C(=O)C(Cc1ccccc1)C(N)=NO. The molecule has 1 fully saturated rings. The molecule has 0 aliphatic heterocycles. The molecular weight excluding hydrogens is 266 g/mol. The third-order valence-corrected chi connectivity index (χ3v) is 4.32. The lowest BCUT2D eigenvalue weighted by Gasteiger charge is -2.28. The van der Waals surface area contributed by atoms with E-state index < -0.39 is 5.92 Å². The summed E-state index contributed by atoms with van der Waals surface area (Å²) in [6.45, 7) is 2.06. The van der Waals surface area contributed by atoms with Crippen LogP contribution in [-0.2, 0) is 11.2 Å². The van der Waals surface area contributed by atoms with Crippen LogP contribution >= 0.6 is 0 Å². The number of hydrogen-bond donors (Lipinski definition) is 2. The number of carbonyl (C=O) groups is 1. The molecule has 2 rings (SSSR count). The molecule has 0 saturated heterocycles. The molecule has 1 saturated carbocycles. The minimum absolute atomic E-state index is 0.0290. The van der Waals surface area contributed by atoms with Crippen LogP contribution in [0.1, 0.15) is 25.3 Å². The van der Waals surface area contributed by atoms with Gasteiger partial charge in [0.25, 0.3) is 0 Å². The third-order valence-electron chi connectivity index (χ3n) is 4.32. The molecule has 0 aromatic heterocycles. The number of nitrogens with zero attached hydrogens (tertiary/aromatic N) is 2. The number of rotatable bonds is 6. The Morgan fingerprint density at radius 2 is 2.05 bits per heavy atom. The lowest BCUT2D eigenvalue weighted by Crippen LogP contribution is -2.45. The minimum Gasteiger partial charge on any atom is -0.409 e. The van der Waals surface area contributed by atoms with Crippen LogP contribution in [0.4, 0.5) is 0 Å². The summed E-state index contributed by atoms with van der Waals surface area (Å²) in [6, 6.07) is 9.83. The van der Waals surface area contributed by atoms with Crippen LogP contribution < -0.4 is 5.73 Å². The number of amides is 1. The highest BCUT2D eigenvalue weighted by Gasteiger charge is 2.35. The Morgan fingerprint density at radius 3 is 2.57 bits per heavy atom. The van der Waals surface area contributed by atoms with Crippen LogP contribution in [0.3, 0.4) is 0 Å². The van der Waals surface area contributed by atoms with E-state index >= 15 is 0 Å². The Kier molecular flexibility index (Phi) is 4.83. The molecule has 3 N–H and O–H groups in total. The fourth-order valence-corrected chi connectivity index (χ4v) is 2.58. The lowest BCUT2D eigenvalue weighted by molar-refractivity contribution is -0.134. The largest absolute Gasteiger partial charge is 0.409 e. The zero-order valence-electron chi connectivity index (χ0n) is 12.6. The summed E-state index contributed by atoms with van der Waals surface area (Å²) >= 11 is 0. The average molecular weight is 289 g/mol. The Morgan fingerprint density at radius 1 is 1.43 bits per heavy atom. The predicted molar refractivity (Wildman–Crippen MR) is 82.0 cm³/mol. The third kappa shape index (κ3) is 3.74.